The van der Waals surface area contributed by atoms with Gasteiger partial charge in [0.25, 0.3) is 0 Å². The van der Waals surface area contributed by atoms with Crippen molar-refractivity contribution in [1.29, 1.82) is 0 Å². The number of anilines is 1. The van der Waals surface area contributed by atoms with E-state index in [0.717, 1.165) is 24.7 Å². The summed E-state index contributed by atoms with van der Waals surface area (Å²) in [5, 5.41) is 8.40. The van der Waals surface area contributed by atoms with Crippen LogP contribution in [0, 0.1) is 5.92 Å². The molecule has 0 aromatic carbocycles. The Bertz CT molecular complexity index is 362. The van der Waals surface area contributed by atoms with Crippen molar-refractivity contribution in [3.8, 4) is 0 Å². The van der Waals surface area contributed by atoms with E-state index in [9.17, 15) is 0 Å². The first-order valence-electron chi connectivity index (χ1n) is 5.64. The van der Waals surface area contributed by atoms with Crippen LogP contribution in [0.4, 0.5) is 5.69 Å². The Labute approximate surface area is 106 Å². The lowest BCUT2D eigenvalue weighted by molar-refractivity contribution is 0.395. The van der Waals surface area contributed by atoms with E-state index in [1.807, 2.05) is 0 Å². The molecule has 16 heavy (non-hydrogen) atoms. The Balaban J connectivity index is 2.10. The maximum atomic E-state index is 6.03. The summed E-state index contributed by atoms with van der Waals surface area (Å²) in [6.07, 6.45) is 3.69. The summed E-state index contributed by atoms with van der Waals surface area (Å²) in [5.74, 6) is 0.847. The van der Waals surface area contributed by atoms with Crippen LogP contribution in [0.25, 0.3) is 0 Å². The Morgan fingerprint density at radius 3 is 2.62 bits per heavy atom. The minimum atomic E-state index is 0.400. The van der Waals surface area contributed by atoms with Crippen molar-refractivity contribution < 1.29 is 0 Å². The minimum absolute atomic E-state index is 0.400. The van der Waals surface area contributed by atoms with Crippen molar-refractivity contribution in [2.75, 3.05) is 18.0 Å². The molecule has 1 aromatic heterocycles. The molecule has 0 radical (unpaired) electrons. The van der Waals surface area contributed by atoms with Crippen LogP contribution in [-0.2, 0) is 0 Å². The van der Waals surface area contributed by atoms with Crippen molar-refractivity contribution in [2.24, 2.45) is 5.92 Å². The lowest BCUT2D eigenvalue weighted by Crippen LogP contribution is -2.33. The summed E-state index contributed by atoms with van der Waals surface area (Å²) in [7, 11) is 0. The maximum absolute atomic E-state index is 6.03. The second-order valence-electron chi connectivity index (χ2n) is 4.18. The van der Waals surface area contributed by atoms with Crippen LogP contribution in [0.15, 0.2) is 6.07 Å². The molecule has 0 bridgehead atoms. The van der Waals surface area contributed by atoms with Gasteiger partial charge in [0.1, 0.15) is 0 Å². The first-order valence-corrected chi connectivity index (χ1v) is 6.40. The standard InChI is InChI=1S/C11H15Cl2N3/c1-2-8-3-5-16(6-4-8)9-7-10(12)14-15-11(9)13/h7-8H,2-6H2,1H3. The molecule has 1 saturated heterocycles. The van der Waals surface area contributed by atoms with E-state index in [-0.39, 0.29) is 0 Å². The van der Waals surface area contributed by atoms with Gasteiger partial charge in [-0.2, -0.15) is 0 Å². The van der Waals surface area contributed by atoms with Crippen LogP contribution in [-0.4, -0.2) is 23.3 Å². The molecule has 0 amide bonds. The SMILES string of the molecule is CCC1CCN(c2cc(Cl)nnc2Cl)CC1. The molecule has 2 heterocycles. The van der Waals surface area contributed by atoms with Crippen molar-refractivity contribution in [3.63, 3.8) is 0 Å². The molecular weight excluding hydrogens is 245 g/mol. The van der Waals surface area contributed by atoms with E-state index >= 15 is 0 Å². The molecule has 0 unspecified atom stereocenters. The van der Waals surface area contributed by atoms with Crippen LogP contribution in [0.2, 0.25) is 10.3 Å². The Morgan fingerprint density at radius 2 is 2.00 bits per heavy atom. The third-order valence-corrected chi connectivity index (χ3v) is 3.69. The topological polar surface area (TPSA) is 29.0 Å². The fraction of sp³-hybridized carbons (Fsp3) is 0.636. The second-order valence-corrected chi connectivity index (χ2v) is 4.93. The molecule has 0 aliphatic carbocycles. The van der Waals surface area contributed by atoms with E-state index in [1.165, 1.54) is 19.3 Å². The highest BCUT2D eigenvalue weighted by atomic mass is 35.5. The van der Waals surface area contributed by atoms with Gasteiger partial charge in [0, 0.05) is 19.2 Å². The Kier molecular flexibility index (Phi) is 3.87. The second kappa shape index (κ2) is 5.19. The Morgan fingerprint density at radius 1 is 1.31 bits per heavy atom. The van der Waals surface area contributed by atoms with Gasteiger partial charge < -0.3 is 4.90 Å². The molecular formula is C11H15Cl2N3. The highest BCUT2D eigenvalue weighted by molar-refractivity contribution is 6.33. The first kappa shape index (κ1) is 11.9. The van der Waals surface area contributed by atoms with Gasteiger partial charge in [0.15, 0.2) is 10.3 Å². The van der Waals surface area contributed by atoms with E-state index in [4.69, 9.17) is 23.2 Å². The lowest BCUT2D eigenvalue weighted by Gasteiger charge is -2.33. The van der Waals surface area contributed by atoms with Crippen molar-refractivity contribution in [3.05, 3.63) is 16.4 Å². The number of hydrogen-bond acceptors (Lipinski definition) is 3. The molecule has 0 saturated carbocycles. The first-order chi connectivity index (χ1) is 7.70. The molecule has 5 heteroatoms. The largest absolute Gasteiger partial charge is 0.369 e. The van der Waals surface area contributed by atoms with Crippen LogP contribution in [0.3, 0.4) is 0 Å². The summed E-state index contributed by atoms with van der Waals surface area (Å²) in [4.78, 5) is 2.25. The summed E-state index contributed by atoms with van der Waals surface area (Å²) < 4.78 is 0. The van der Waals surface area contributed by atoms with Gasteiger partial charge in [-0.25, -0.2) is 0 Å². The molecule has 1 aliphatic rings. The smallest absolute Gasteiger partial charge is 0.175 e. The normalized spacial score (nSPS) is 17.8. The molecule has 0 N–H and O–H groups in total. The number of halogens is 2. The highest BCUT2D eigenvalue weighted by Crippen LogP contribution is 2.30. The maximum Gasteiger partial charge on any atom is 0.175 e. The zero-order chi connectivity index (χ0) is 11.5. The van der Waals surface area contributed by atoms with Crippen LogP contribution < -0.4 is 4.90 Å². The number of piperidine rings is 1. The van der Waals surface area contributed by atoms with Crippen LogP contribution in [0.1, 0.15) is 26.2 Å². The van der Waals surface area contributed by atoms with Crippen molar-refractivity contribution in [1.82, 2.24) is 10.2 Å². The lowest BCUT2D eigenvalue weighted by atomic mass is 9.94. The predicted molar refractivity (Wildman–Crippen MR) is 67.3 cm³/mol. The van der Waals surface area contributed by atoms with Gasteiger partial charge in [0.2, 0.25) is 0 Å². The fourth-order valence-electron chi connectivity index (χ4n) is 2.15. The number of rotatable bonds is 2. The molecule has 2 rings (SSSR count). The number of hydrogen-bond donors (Lipinski definition) is 0. The molecule has 0 atom stereocenters. The van der Waals surface area contributed by atoms with E-state index < -0.39 is 0 Å². The summed E-state index contributed by atoms with van der Waals surface area (Å²) in [5.41, 5.74) is 0.913. The van der Waals surface area contributed by atoms with E-state index in [2.05, 4.69) is 22.0 Å². The van der Waals surface area contributed by atoms with Gasteiger partial charge >= 0.3 is 0 Å². The molecule has 1 aromatic rings. The molecule has 0 spiro atoms. The average Bonchev–Trinajstić information content (AvgIpc) is 2.32. The van der Waals surface area contributed by atoms with Gasteiger partial charge in [-0.15, -0.1) is 10.2 Å². The fourth-order valence-corrected chi connectivity index (χ4v) is 2.50. The third kappa shape index (κ3) is 2.58. The van der Waals surface area contributed by atoms with Crippen LogP contribution >= 0.6 is 23.2 Å². The van der Waals surface area contributed by atoms with Gasteiger partial charge in [-0.05, 0) is 18.8 Å². The summed E-state index contributed by atoms with van der Waals surface area (Å²) >= 11 is 11.9. The molecule has 1 fully saturated rings. The van der Waals surface area contributed by atoms with Crippen molar-refractivity contribution >= 4 is 28.9 Å². The predicted octanol–water partition coefficient (Wildman–Crippen LogP) is 3.41. The van der Waals surface area contributed by atoms with E-state index in [1.54, 1.807) is 6.07 Å². The highest BCUT2D eigenvalue weighted by Gasteiger charge is 2.20. The molecule has 88 valence electrons. The number of aromatic nitrogens is 2. The quantitative estimate of drug-likeness (QED) is 0.815. The monoisotopic (exact) mass is 259 g/mol. The Hall–Kier alpha value is -0.540. The van der Waals surface area contributed by atoms with E-state index in [0.29, 0.717) is 10.3 Å². The minimum Gasteiger partial charge on any atom is -0.369 e. The third-order valence-electron chi connectivity index (χ3n) is 3.23. The summed E-state index contributed by atoms with van der Waals surface area (Å²) in [6.45, 7) is 4.30. The van der Waals surface area contributed by atoms with Gasteiger partial charge in [0.05, 0.1) is 5.69 Å². The number of nitrogens with zero attached hydrogens (tertiary/aromatic N) is 3. The summed E-state index contributed by atoms with van der Waals surface area (Å²) in [6, 6.07) is 1.79. The van der Waals surface area contributed by atoms with Gasteiger partial charge in [-0.1, -0.05) is 36.5 Å². The zero-order valence-corrected chi connectivity index (χ0v) is 10.8. The molecule has 3 nitrogen and oxygen atoms in total. The van der Waals surface area contributed by atoms with Crippen molar-refractivity contribution in [2.45, 2.75) is 26.2 Å². The van der Waals surface area contributed by atoms with Gasteiger partial charge in [-0.3, -0.25) is 0 Å². The molecule has 1 aliphatic heterocycles. The zero-order valence-electron chi connectivity index (χ0n) is 9.29. The average molecular weight is 260 g/mol. The van der Waals surface area contributed by atoms with Crippen LogP contribution in [0.5, 0.6) is 0 Å².